The fourth-order valence-corrected chi connectivity index (χ4v) is 2.56. The average Bonchev–Trinajstić information content (AvgIpc) is 2.45. The molecule has 1 aliphatic rings. The van der Waals surface area contributed by atoms with Crippen LogP contribution in [0.4, 0.5) is 0 Å². The lowest BCUT2D eigenvalue weighted by Gasteiger charge is -2.42. The molecule has 2 aromatic rings. The number of para-hydroxylation sites is 1. The average molecular weight is 269 g/mol. The van der Waals surface area contributed by atoms with Crippen molar-refractivity contribution >= 4 is 0 Å². The summed E-state index contributed by atoms with van der Waals surface area (Å²) >= 11 is 0. The van der Waals surface area contributed by atoms with Crippen molar-refractivity contribution in [2.45, 2.75) is 5.41 Å². The molecule has 1 N–H and O–H groups in total. The summed E-state index contributed by atoms with van der Waals surface area (Å²) in [7, 11) is 1.98. The standard InChI is InChI=1S/C17H19NO2/c1-18-11-17(12-19-13-17)14-7-9-16(10-8-14)20-15-5-3-2-4-6-15/h2-10,18H,11-13H2,1H3. The molecule has 1 heterocycles. The molecule has 0 unspecified atom stereocenters. The van der Waals surface area contributed by atoms with Gasteiger partial charge in [0, 0.05) is 6.54 Å². The minimum atomic E-state index is 0.125. The van der Waals surface area contributed by atoms with E-state index in [4.69, 9.17) is 9.47 Å². The Hall–Kier alpha value is -1.84. The van der Waals surface area contributed by atoms with E-state index in [1.165, 1.54) is 5.56 Å². The molecule has 2 aromatic carbocycles. The predicted molar refractivity (Wildman–Crippen MR) is 79.4 cm³/mol. The van der Waals surface area contributed by atoms with Gasteiger partial charge in [-0.25, -0.2) is 0 Å². The first-order chi connectivity index (χ1) is 9.82. The Morgan fingerprint density at radius 3 is 2.20 bits per heavy atom. The van der Waals surface area contributed by atoms with E-state index in [0.29, 0.717) is 0 Å². The van der Waals surface area contributed by atoms with E-state index < -0.39 is 0 Å². The Labute approximate surface area is 119 Å². The van der Waals surface area contributed by atoms with Crippen LogP contribution in [0.5, 0.6) is 11.5 Å². The Bertz CT molecular complexity index is 547. The van der Waals surface area contributed by atoms with Gasteiger partial charge in [-0.3, -0.25) is 0 Å². The van der Waals surface area contributed by atoms with E-state index in [1.54, 1.807) is 0 Å². The van der Waals surface area contributed by atoms with Gasteiger partial charge in [0.15, 0.2) is 0 Å². The van der Waals surface area contributed by atoms with E-state index in [-0.39, 0.29) is 5.41 Å². The largest absolute Gasteiger partial charge is 0.457 e. The third-order valence-corrected chi connectivity index (χ3v) is 3.72. The van der Waals surface area contributed by atoms with E-state index in [0.717, 1.165) is 31.3 Å². The summed E-state index contributed by atoms with van der Waals surface area (Å²) in [5.74, 6) is 1.72. The maximum absolute atomic E-state index is 5.81. The molecule has 1 saturated heterocycles. The van der Waals surface area contributed by atoms with Crippen molar-refractivity contribution in [1.82, 2.24) is 5.32 Å². The molecular formula is C17H19NO2. The Morgan fingerprint density at radius 1 is 1.00 bits per heavy atom. The van der Waals surface area contributed by atoms with Gasteiger partial charge in [0.1, 0.15) is 11.5 Å². The van der Waals surface area contributed by atoms with Crippen LogP contribution in [0.25, 0.3) is 0 Å². The number of benzene rings is 2. The van der Waals surface area contributed by atoms with Crippen molar-refractivity contribution in [2.75, 3.05) is 26.8 Å². The molecule has 0 aromatic heterocycles. The molecular weight excluding hydrogens is 250 g/mol. The molecule has 0 spiro atoms. The molecule has 1 fully saturated rings. The molecule has 0 radical (unpaired) electrons. The molecule has 3 nitrogen and oxygen atoms in total. The van der Waals surface area contributed by atoms with Crippen molar-refractivity contribution in [3.05, 3.63) is 60.2 Å². The molecule has 3 rings (SSSR count). The highest BCUT2D eigenvalue weighted by molar-refractivity contribution is 5.37. The lowest BCUT2D eigenvalue weighted by Crippen LogP contribution is -2.52. The summed E-state index contributed by atoms with van der Waals surface area (Å²) in [5.41, 5.74) is 1.43. The first-order valence-corrected chi connectivity index (χ1v) is 6.88. The molecule has 0 amide bonds. The van der Waals surface area contributed by atoms with Crippen molar-refractivity contribution < 1.29 is 9.47 Å². The third-order valence-electron chi connectivity index (χ3n) is 3.72. The number of hydrogen-bond donors (Lipinski definition) is 1. The van der Waals surface area contributed by atoms with Gasteiger partial charge in [-0.2, -0.15) is 0 Å². The minimum absolute atomic E-state index is 0.125. The Morgan fingerprint density at radius 2 is 1.65 bits per heavy atom. The first-order valence-electron chi connectivity index (χ1n) is 6.88. The number of rotatable bonds is 5. The van der Waals surface area contributed by atoms with Crippen LogP contribution in [0.15, 0.2) is 54.6 Å². The Kier molecular flexibility index (Phi) is 3.72. The first kappa shape index (κ1) is 13.2. The fraction of sp³-hybridized carbons (Fsp3) is 0.294. The second-order valence-corrected chi connectivity index (χ2v) is 5.24. The molecule has 3 heteroatoms. The van der Waals surface area contributed by atoms with Crippen LogP contribution in [-0.4, -0.2) is 26.8 Å². The van der Waals surface area contributed by atoms with Crippen molar-refractivity contribution in [2.24, 2.45) is 0 Å². The van der Waals surface area contributed by atoms with Crippen molar-refractivity contribution in [3.8, 4) is 11.5 Å². The number of ether oxygens (including phenoxy) is 2. The molecule has 0 atom stereocenters. The summed E-state index contributed by atoms with van der Waals surface area (Å²) in [6, 6.07) is 18.2. The van der Waals surface area contributed by atoms with E-state index in [9.17, 15) is 0 Å². The van der Waals surface area contributed by atoms with Gasteiger partial charge in [0.25, 0.3) is 0 Å². The number of likely N-dealkylation sites (N-methyl/N-ethyl adjacent to an activating group) is 1. The molecule has 0 bridgehead atoms. The van der Waals surface area contributed by atoms with Gasteiger partial charge in [0.05, 0.1) is 18.6 Å². The zero-order valence-electron chi connectivity index (χ0n) is 11.6. The summed E-state index contributed by atoms with van der Waals surface area (Å²) in [4.78, 5) is 0. The van der Waals surface area contributed by atoms with Crippen LogP contribution in [0.3, 0.4) is 0 Å². The smallest absolute Gasteiger partial charge is 0.127 e. The summed E-state index contributed by atoms with van der Waals surface area (Å²) in [5, 5.41) is 3.25. The van der Waals surface area contributed by atoms with Gasteiger partial charge in [-0.05, 0) is 36.9 Å². The minimum Gasteiger partial charge on any atom is -0.457 e. The highest BCUT2D eigenvalue weighted by atomic mass is 16.5. The molecule has 104 valence electrons. The monoisotopic (exact) mass is 269 g/mol. The second kappa shape index (κ2) is 5.65. The van der Waals surface area contributed by atoms with Gasteiger partial charge in [-0.1, -0.05) is 30.3 Å². The molecule has 1 aliphatic heterocycles. The zero-order chi connectivity index (χ0) is 13.8. The van der Waals surface area contributed by atoms with E-state index >= 15 is 0 Å². The predicted octanol–water partition coefficient (Wildman–Crippen LogP) is 2.97. The molecule has 0 aliphatic carbocycles. The van der Waals surface area contributed by atoms with Crippen molar-refractivity contribution in [3.63, 3.8) is 0 Å². The highest BCUT2D eigenvalue weighted by Gasteiger charge is 2.39. The van der Waals surface area contributed by atoms with Crippen LogP contribution in [0, 0.1) is 0 Å². The normalized spacial score (nSPS) is 16.4. The van der Waals surface area contributed by atoms with Crippen molar-refractivity contribution in [1.29, 1.82) is 0 Å². The van der Waals surface area contributed by atoms with Crippen LogP contribution < -0.4 is 10.1 Å². The summed E-state index contributed by atoms with van der Waals surface area (Å²) in [6.45, 7) is 2.51. The van der Waals surface area contributed by atoms with E-state index in [2.05, 4.69) is 17.4 Å². The van der Waals surface area contributed by atoms with Gasteiger partial charge < -0.3 is 14.8 Å². The number of nitrogens with one attached hydrogen (secondary N) is 1. The van der Waals surface area contributed by atoms with Crippen LogP contribution in [0.1, 0.15) is 5.56 Å². The van der Waals surface area contributed by atoms with Gasteiger partial charge in [0.2, 0.25) is 0 Å². The van der Waals surface area contributed by atoms with Crippen LogP contribution in [0.2, 0.25) is 0 Å². The number of hydrogen-bond acceptors (Lipinski definition) is 3. The maximum Gasteiger partial charge on any atom is 0.127 e. The quantitative estimate of drug-likeness (QED) is 0.905. The van der Waals surface area contributed by atoms with E-state index in [1.807, 2.05) is 49.5 Å². The van der Waals surface area contributed by atoms with Crippen LogP contribution >= 0.6 is 0 Å². The molecule has 20 heavy (non-hydrogen) atoms. The van der Waals surface area contributed by atoms with Gasteiger partial charge >= 0.3 is 0 Å². The van der Waals surface area contributed by atoms with Crippen LogP contribution in [-0.2, 0) is 10.2 Å². The zero-order valence-corrected chi connectivity index (χ0v) is 11.6. The topological polar surface area (TPSA) is 30.5 Å². The second-order valence-electron chi connectivity index (χ2n) is 5.24. The molecule has 0 saturated carbocycles. The third kappa shape index (κ3) is 2.55. The lowest BCUT2D eigenvalue weighted by molar-refractivity contribution is -0.0582. The van der Waals surface area contributed by atoms with Gasteiger partial charge in [-0.15, -0.1) is 0 Å². The maximum atomic E-state index is 5.81. The summed E-state index contributed by atoms with van der Waals surface area (Å²) < 4.78 is 11.2. The SMILES string of the molecule is CNCC1(c2ccc(Oc3ccccc3)cc2)COC1. The lowest BCUT2D eigenvalue weighted by atomic mass is 9.78. The Balaban J connectivity index is 1.74. The fourth-order valence-electron chi connectivity index (χ4n) is 2.56. The summed E-state index contributed by atoms with van der Waals surface area (Å²) in [6.07, 6.45) is 0. The highest BCUT2D eigenvalue weighted by Crippen LogP contribution is 2.33.